The molecule has 5 nitrogen and oxygen atoms in total. The summed E-state index contributed by atoms with van der Waals surface area (Å²) in [7, 11) is 0. The van der Waals surface area contributed by atoms with Crippen molar-refractivity contribution in [3.8, 4) is 0 Å². The smallest absolute Gasteiger partial charge is 0.255 e. The zero-order valence-corrected chi connectivity index (χ0v) is 16.4. The third-order valence-corrected chi connectivity index (χ3v) is 6.12. The molecular weight excluding hydrogens is 350 g/mol. The number of carbonyl (C=O) groups excluding carboxylic acids is 2. The average Bonchev–Trinajstić information content (AvgIpc) is 2.72. The summed E-state index contributed by atoms with van der Waals surface area (Å²) in [4.78, 5) is 32.7. The lowest BCUT2D eigenvalue weighted by Crippen LogP contribution is -2.63. The summed E-state index contributed by atoms with van der Waals surface area (Å²) < 4.78 is 0. The summed E-state index contributed by atoms with van der Waals surface area (Å²) in [6.45, 7) is 2.27. The maximum Gasteiger partial charge on any atom is 0.255 e. The molecule has 2 amide bonds. The van der Waals surface area contributed by atoms with Crippen molar-refractivity contribution in [2.75, 3.05) is 0 Å². The minimum absolute atomic E-state index is 0.0499. The Balaban J connectivity index is 1.66. The van der Waals surface area contributed by atoms with Crippen LogP contribution in [0.2, 0.25) is 0 Å². The molecule has 0 spiro atoms. The molecule has 1 aromatic carbocycles. The van der Waals surface area contributed by atoms with E-state index in [9.17, 15) is 9.59 Å². The second-order valence-electron chi connectivity index (χ2n) is 8.17. The molecule has 28 heavy (non-hydrogen) atoms. The van der Waals surface area contributed by atoms with Gasteiger partial charge in [-0.3, -0.25) is 14.6 Å². The number of pyridine rings is 1. The van der Waals surface area contributed by atoms with E-state index >= 15 is 0 Å². The highest BCUT2D eigenvalue weighted by atomic mass is 16.2. The van der Waals surface area contributed by atoms with Crippen molar-refractivity contribution in [3.05, 3.63) is 65.5 Å². The number of rotatable bonds is 4. The van der Waals surface area contributed by atoms with Crippen LogP contribution in [0.15, 0.2) is 48.8 Å². The molecule has 0 radical (unpaired) electrons. The van der Waals surface area contributed by atoms with Crippen LogP contribution in [0.3, 0.4) is 0 Å². The minimum atomic E-state index is -0.918. The minimum Gasteiger partial charge on any atom is -0.351 e. The maximum atomic E-state index is 13.4. The van der Waals surface area contributed by atoms with E-state index in [2.05, 4.69) is 10.3 Å². The number of carbonyl (C=O) groups is 2. The van der Waals surface area contributed by atoms with Gasteiger partial charge >= 0.3 is 0 Å². The van der Waals surface area contributed by atoms with E-state index < -0.39 is 5.54 Å². The second-order valence-corrected chi connectivity index (χ2v) is 8.17. The first-order chi connectivity index (χ1) is 13.6. The summed E-state index contributed by atoms with van der Waals surface area (Å²) in [5.41, 5.74) is 1.64. The molecule has 1 aliphatic heterocycles. The number of amides is 2. The van der Waals surface area contributed by atoms with Crippen LogP contribution >= 0.6 is 0 Å². The number of nitrogens with zero attached hydrogens (tertiary/aromatic N) is 2. The maximum absolute atomic E-state index is 13.4. The summed E-state index contributed by atoms with van der Waals surface area (Å²) in [6.07, 6.45) is 9.59. The number of hydrogen-bond donors (Lipinski definition) is 1. The quantitative estimate of drug-likeness (QED) is 0.887. The fourth-order valence-corrected chi connectivity index (χ4v) is 4.43. The lowest BCUT2D eigenvalue weighted by molar-refractivity contribution is -0.133. The zero-order valence-electron chi connectivity index (χ0n) is 16.4. The van der Waals surface area contributed by atoms with Crippen molar-refractivity contribution in [1.29, 1.82) is 0 Å². The normalized spacial score (nSPS) is 22.6. The molecular formula is C23H27N3O2. The van der Waals surface area contributed by atoms with Crippen LogP contribution < -0.4 is 5.32 Å². The second kappa shape index (κ2) is 7.74. The summed E-state index contributed by atoms with van der Waals surface area (Å²) in [5, 5.41) is 3.25. The van der Waals surface area contributed by atoms with E-state index in [0.717, 1.165) is 36.8 Å². The Morgan fingerprint density at radius 1 is 1.18 bits per heavy atom. The molecule has 1 saturated carbocycles. The van der Waals surface area contributed by atoms with Crippen molar-refractivity contribution in [2.45, 2.75) is 63.6 Å². The van der Waals surface area contributed by atoms with Gasteiger partial charge in [-0.1, -0.05) is 43.5 Å². The van der Waals surface area contributed by atoms with Crippen molar-refractivity contribution in [1.82, 2.24) is 15.2 Å². The molecule has 0 bridgehead atoms. The van der Waals surface area contributed by atoms with Crippen molar-refractivity contribution in [2.24, 2.45) is 0 Å². The average molecular weight is 377 g/mol. The number of hydrogen-bond acceptors (Lipinski definition) is 3. The highest BCUT2D eigenvalue weighted by molar-refractivity contribution is 6.02. The van der Waals surface area contributed by atoms with Crippen LogP contribution in [0, 0.1) is 0 Å². The summed E-state index contributed by atoms with van der Waals surface area (Å²) >= 11 is 0. The van der Waals surface area contributed by atoms with Gasteiger partial charge in [0.15, 0.2) is 0 Å². The van der Waals surface area contributed by atoms with Gasteiger partial charge in [-0.25, -0.2) is 0 Å². The van der Waals surface area contributed by atoms with E-state index in [4.69, 9.17) is 0 Å². The fourth-order valence-electron chi connectivity index (χ4n) is 4.43. The lowest BCUT2D eigenvalue weighted by atomic mass is 9.82. The molecule has 1 atom stereocenters. The standard InChI is InChI=1S/C23H27N3O2/c1-23(22(28)25-19-10-3-2-4-11-19)14-18-9-5-6-12-20(18)21(27)26(23)16-17-8-7-13-24-15-17/h5-9,12-13,15,19H,2-4,10-11,14,16H2,1H3,(H,25,28)/t23-/m1/s1. The Hall–Kier alpha value is -2.69. The van der Waals surface area contributed by atoms with Crippen LogP contribution in [0.5, 0.6) is 0 Å². The molecule has 146 valence electrons. The monoisotopic (exact) mass is 377 g/mol. The van der Waals surface area contributed by atoms with Gasteiger partial charge in [-0.2, -0.15) is 0 Å². The molecule has 0 saturated heterocycles. The number of nitrogens with one attached hydrogen (secondary N) is 1. The molecule has 5 heteroatoms. The number of fused-ring (bicyclic) bond motifs is 1. The lowest BCUT2D eigenvalue weighted by Gasteiger charge is -2.44. The number of aromatic nitrogens is 1. The third kappa shape index (κ3) is 3.53. The van der Waals surface area contributed by atoms with Crippen LogP contribution in [-0.2, 0) is 17.8 Å². The molecule has 0 unspecified atom stereocenters. The van der Waals surface area contributed by atoms with Crippen molar-refractivity contribution in [3.63, 3.8) is 0 Å². The fraction of sp³-hybridized carbons (Fsp3) is 0.435. The topological polar surface area (TPSA) is 62.3 Å². The Bertz CT molecular complexity index is 861. The molecule has 2 aromatic rings. The van der Waals surface area contributed by atoms with Gasteiger partial charge < -0.3 is 10.2 Å². The van der Waals surface area contributed by atoms with Crippen LogP contribution in [0.4, 0.5) is 0 Å². The largest absolute Gasteiger partial charge is 0.351 e. The highest BCUT2D eigenvalue weighted by Crippen LogP contribution is 2.33. The van der Waals surface area contributed by atoms with Crippen LogP contribution in [0.25, 0.3) is 0 Å². The van der Waals surface area contributed by atoms with E-state index in [0.29, 0.717) is 18.5 Å². The van der Waals surface area contributed by atoms with Gasteiger partial charge in [0.1, 0.15) is 5.54 Å². The molecule has 1 N–H and O–H groups in total. The Morgan fingerprint density at radius 2 is 1.96 bits per heavy atom. The first-order valence-corrected chi connectivity index (χ1v) is 10.2. The summed E-state index contributed by atoms with van der Waals surface area (Å²) in [5.74, 6) is -0.141. The molecule has 2 heterocycles. The molecule has 1 aromatic heterocycles. The summed E-state index contributed by atoms with van der Waals surface area (Å²) in [6, 6.07) is 11.6. The SMILES string of the molecule is C[C@]1(C(=O)NC2CCCCC2)Cc2ccccc2C(=O)N1Cc1cccnc1. The van der Waals surface area contributed by atoms with Gasteiger partial charge in [0.2, 0.25) is 5.91 Å². The van der Waals surface area contributed by atoms with E-state index in [1.165, 1.54) is 6.42 Å². The predicted octanol–water partition coefficient (Wildman–Crippen LogP) is 3.49. The molecule has 1 aliphatic carbocycles. The first kappa shape index (κ1) is 18.7. The Kier molecular flexibility index (Phi) is 5.16. The Labute approximate surface area is 166 Å². The molecule has 4 rings (SSSR count). The van der Waals surface area contributed by atoms with Crippen LogP contribution in [-0.4, -0.2) is 33.3 Å². The van der Waals surface area contributed by atoms with Crippen LogP contribution in [0.1, 0.15) is 60.5 Å². The number of benzene rings is 1. The predicted molar refractivity (Wildman–Crippen MR) is 108 cm³/mol. The zero-order chi connectivity index (χ0) is 19.6. The molecule has 2 aliphatic rings. The first-order valence-electron chi connectivity index (χ1n) is 10.2. The van der Waals surface area contributed by atoms with Gasteiger partial charge in [0.25, 0.3) is 5.91 Å². The van der Waals surface area contributed by atoms with E-state index in [1.807, 2.05) is 43.3 Å². The van der Waals surface area contributed by atoms with E-state index in [-0.39, 0.29) is 17.9 Å². The van der Waals surface area contributed by atoms with E-state index in [1.54, 1.807) is 17.3 Å². The van der Waals surface area contributed by atoms with Crippen molar-refractivity contribution >= 4 is 11.8 Å². The van der Waals surface area contributed by atoms with Gasteiger partial charge in [-0.05, 0) is 43.0 Å². The van der Waals surface area contributed by atoms with Gasteiger partial charge in [-0.15, -0.1) is 0 Å². The molecule has 1 fully saturated rings. The highest BCUT2D eigenvalue weighted by Gasteiger charge is 2.47. The Morgan fingerprint density at radius 3 is 2.71 bits per heavy atom. The third-order valence-electron chi connectivity index (χ3n) is 6.12. The van der Waals surface area contributed by atoms with Crippen molar-refractivity contribution < 1.29 is 9.59 Å². The van der Waals surface area contributed by atoms with Gasteiger partial charge in [0.05, 0.1) is 0 Å². The van der Waals surface area contributed by atoms with Gasteiger partial charge in [0, 0.05) is 37.0 Å².